The van der Waals surface area contributed by atoms with Gasteiger partial charge in [0.2, 0.25) is 5.91 Å². The second-order valence-corrected chi connectivity index (χ2v) is 3.68. The van der Waals surface area contributed by atoms with E-state index < -0.39 is 0 Å². The number of carbonyl (C=O) groups excluding carboxylic acids is 1. The highest BCUT2D eigenvalue weighted by Crippen LogP contribution is 1.90. The van der Waals surface area contributed by atoms with Gasteiger partial charge < -0.3 is 10.2 Å². The molecule has 1 amide bonds. The van der Waals surface area contributed by atoms with E-state index in [1.807, 2.05) is 25.8 Å². The van der Waals surface area contributed by atoms with Gasteiger partial charge >= 0.3 is 0 Å². The smallest absolute Gasteiger partial charge is 0.221 e. The third-order valence-corrected chi connectivity index (χ3v) is 1.78. The minimum absolute atomic E-state index is 0.0730. The topological polar surface area (TPSA) is 56.1 Å². The summed E-state index contributed by atoms with van der Waals surface area (Å²) >= 11 is 0. The van der Waals surface area contributed by atoms with Crippen LogP contribution in [0.4, 0.5) is 0 Å². The fourth-order valence-electron chi connectivity index (χ4n) is 1.04. The van der Waals surface area contributed by atoms with Gasteiger partial charge in [-0.05, 0) is 20.9 Å². The summed E-state index contributed by atoms with van der Waals surface area (Å²) in [5, 5.41) is 11.2. The van der Waals surface area contributed by atoms with E-state index >= 15 is 0 Å². The molecule has 0 aliphatic carbocycles. The molecule has 0 fully saturated rings. The first-order valence-corrected chi connectivity index (χ1v) is 4.91. The van der Waals surface area contributed by atoms with E-state index in [1.54, 1.807) is 0 Å². The van der Waals surface area contributed by atoms with Gasteiger partial charge in [-0.2, -0.15) is 5.26 Å². The van der Waals surface area contributed by atoms with Crippen LogP contribution in [-0.2, 0) is 4.79 Å². The van der Waals surface area contributed by atoms with Gasteiger partial charge in [0, 0.05) is 32.0 Å². The van der Waals surface area contributed by atoms with E-state index in [4.69, 9.17) is 5.26 Å². The van der Waals surface area contributed by atoms with Gasteiger partial charge in [0.15, 0.2) is 0 Å². The molecule has 0 atom stereocenters. The van der Waals surface area contributed by atoms with Crippen molar-refractivity contribution in [1.29, 1.82) is 5.26 Å². The Labute approximate surface area is 85.9 Å². The number of amides is 1. The number of nitrogens with one attached hydrogen (secondary N) is 1. The maximum absolute atomic E-state index is 11.2. The van der Waals surface area contributed by atoms with Crippen molar-refractivity contribution in [2.75, 3.05) is 20.1 Å². The van der Waals surface area contributed by atoms with E-state index in [1.165, 1.54) is 0 Å². The molecule has 1 N–H and O–H groups in total. The molecule has 0 saturated heterocycles. The first-order chi connectivity index (χ1) is 6.56. The second-order valence-electron chi connectivity index (χ2n) is 3.68. The zero-order chi connectivity index (χ0) is 11.0. The standard InChI is InChI=1S/C10H19N3O/c1-9(2)12-10(14)5-8-13(3)7-4-6-11/h9H,4-5,7-8H2,1-3H3,(H,12,14). The number of carbonyl (C=O) groups is 1. The largest absolute Gasteiger partial charge is 0.354 e. The van der Waals surface area contributed by atoms with Crippen molar-refractivity contribution in [3.05, 3.63) is 0 Å². The molecule has 0 heterocycles. The van der Waals surface area contributed by atoms with Gasteiger partial charge in [0.25, 0.3) is 0 Å². The van der Waals surface area contributed by atoms with Crippen molar-refractivity contribution in [3.8, 4) is 6.07 Å². The van der Waals surface area contributed by atoms with E-state index in [-0.39, 0.29) is 11.9 Å². The van der Waals surface area contributed by atoms with Gasteiger partial charge in [-0.15, -0.1) is 0 Å². The summed E-state index contributed by atoms with van der Waals surface area (Å²) in [7, 11) is 1.92. The molecule has 0 unspecified atom stereocenters. The van der Waals surface area contributed by atoms with Crippen LogP contribution in [0.3, 0.4) is 0 Å². The zero-order valence-corrected chi connectivity index (χ0v) is 9.21. The number of nitrogens with zero attached hydrogens (tertiary/aromatic N) is 2. The van der Waals surface area contributed by atoms with Gasteiger partial charge in [0.1, 0.15) is 0 Å². The van der Waals surface area contributed by atoms with Crippen molar-refractivity contribution < 1.29 is 4.79 Å². The first-order valence-electron chi connectivity index (χ1n) is 4.91. The first kappa shape index (κ1) is 12.9. The van der Waals surface area contributed by atoms with Crippen molar-refractivity contribution in [3.63, 3.8) is 0 Å². The fourth-order valence-corrected chi connectivity index (χ4v) is 1.04. The Kier molecular flexibility index (Phi) is 6.77. The molecule has 0 radical (unpaired) electrons. The van der Waals surface area contributed by atoms with Crippen LogP contribution in [0, 0.1) is 11.3 Å². The Morgan fingerprint density at radius 2 is 2.14 bits per heavy atom. The minimum atomic E-state index is 0.0730. The van der Waals surface area contributed by atoms with Gasteiger partial charge in [-0.3, -0.25) is 4.79 Å². The molecular formula is C10H19N3O. The predicted octanol–water partition coefficient (Wildman–Crippen LogP) is 0.747. The Hall–Kier alpha value is -1.08. The third kappa shape index (κ3) is 7.56. The normalized spacial score (nSPS) is 10.3. The maximum Gasteiger partial charge on any atom is 0.221 e. The molecule has 0 rings (SSSR count). The molecule has 14 heavy (non-hydrogen) atoms. The quantitative estimate of drug-likeness (QED) is 0.683. The fraction of sp³-hybridized carbons (Fsp3) is 0.800. The van der Waals surface area contributed by atoms with Gasteiger partial charge in [-0.25, -0.2) is 0 Å². The Morgan fingerprint density at radius 1 is 1.50 bits per heavy atom. The summed E-state index contributed by atoms with van der Waals surface area (Å²) in [6.07, 6.45) is 1.02. The predicted molar refractivity (Wildman–Crippen MR) is 55.6 cm³/mol. The lowest BCUT2D eigenvalue weighted by Crippen LogP contribution is -2.33. The van der Waals surface area contributed by atoms with E-state index in [2.05, 4.69) is 11.4 Å². The van der Waals surface area contributed by atoms with Crippen LogP contribution in [-0.4, -0.2) is 37.0 Å². The average molecular weight is 197 g/mol. The SMILES string of the molecule is CC(C)NC(=O)CCN(C)CCC#N. The Balaban J connectivity index is 3.51. The molecule has 0 aromatic carbocycles. The van der Waals surface area contributed by atoms with Crippen LogP contribution in [0.5, 0.6) is 0 Å². The van der Waals surface area contributed by atoms with Crippen molar-refractivity contribution >= 4 is 5.91 Å². The lowest BCUT2D eigenvalue weighted by molar-refractivity contribution is -0.121. The molecule has 0 saturated carbocycles. The van der Waals surface area contributed by atoms with Gasteiger partial charge in [0.05, 0.1) is 6.07 Å². The molecular weight excluding hydrogens is 178 g/mol. The van der Waals surface area contributed by atoms with Crippen LogP contribution in [0.2, 0.25) is 0 Å². The number of hydrogen-bond acceptors (Lipinski definition) is 3. The lowest BCUT2D eigenvalue weighted by Gasteiger charge is -2.15. The van der Waals surface area contributed by atoms with Crippen LogP contribution >= 0.6 is 0 Å². The van der Waals surface area contributed by atoms with Crippen molar-refractivity contribution in [2.24, 2.45) is 0 Å². The van der Waals surface area contributed by atoms with Crippen LogP contribution in [0.1, 0.15) is 26.7 Å². The summed E-state index contributed by atoms with van der Waals surface area (Å²) in [6, 6.07) is 2.28. The summed E-state index contributed by atoms with van der Waals surface area (Å²) in [5.74, 6) is 0.0730. The monoisotopic (exact) mass is 197 g/mol. The Morgan fingerprint density at radius 3 is 2.64 bits per heavy atom. The maximum atomic E-state index is 11.2. The van der Waals surface area contributed by atoms with Crippen LogP contribution in [0.15, 0.2) is 0 Å². The van der Waals surface area contributed by atoms with E-state index in [0.29, 0.717) is 19.4 Å². The molecule has 4 heteroatoms. The molecule has 0 bridgehead atoms. The van der Waals surface area contributed by atoms with Gasteiger partial charge in [-0.1, -0.05) is 0 Å². The summed E-state index contributed by atoms with van der Waals surface area (Å²) < 4.78 is 0. The second kappa shape index (κ2) is 7.34. The number of nitriles is 1. The van der Waals surface area contributed by atoms with Crippen LogP contribution < -0.4 is 5.32 Å². The zero-order valence-electron chi connectivity index (χ0n) is 9.21. The summed E-state index contributed by atoms with van der Waals surface area (Å²) in [6.45, 7) is 5.32. The van der Waals surface area contributed by atoms with Crippen molar-refractivity contribution in [1.82, 2.24) is 10.2 Å². The molecule has 0 aliphatic rings. The lowest BCUT2D eigenvalue weighted by atomic mass is 10.3. The highest BCUT2D eigenvalue weighted by molar-refractivity contribution is 5.76. The van der Waals surface area contributed by atoms with E-state index in [9.17, 15) is 4.79 Å². The molecule has 0 aliphatic heterocycles. The molecule has 0 spiro atoms. The molecule has 80 valence electrons. The summed E-state index contributed by atoms with van der Waals surface area (Å²) in [4.78, 5) is 13.2. The Bertz CT molecular complexity index is 208. The number of hydrogen-bond donors (Lipinski definition) is 1. The molecule has 0 aromatic heterocycles. The average Bonchev–Trinajstić information content (AvgIpc) is 2.10. The highest BCUT2D eigenvalue weighted by atomic mass is 16.1. The van der Waals surface area contributed by atoms with Crippen molar-refractivity contribution in [2.45, 2.75) is 32.7 Å². The number of rotatable bonds is 6. The highest BCUT2D eigenvalue weighted by Gasteiger charge is 2.04. The van der Waals surface area contributed by atoms with Crippen LogP contribution in [0.25, 0.3) is 0 Å². The van der Waals surface area contributed by atoms with E-state index in [0.717, 1.165) is 6.54 Å². The molecule has 4 nitrogen and oxygen atoms in total. The summed E-state index contributed by atoms with van der Waals surface area (Å²) in [5.41, 5.74) is 0. The third-order valence-electron chi connectivity index (χ3n) is 1.78. The molecule has 0 aromatic rings. The minimum Gasteiger partial charge on any atom is -0.354 e.